The van der Waals surface area contributed by atoms with Crippen LogP contribution >= 0.6 is 12.6 Å². The number of aliphatic hydroxyl groups excluding tert-OH is 1. The predicted octanol–water partition coefficient (Wildman–Crippen LogP) is 1.17. The second-order valence-corrected chi connectivity index (χ2v) is 4.90. The summed E-state index contributed by atoms with van der Waals surface area (Å²) in [5.74, 6) is 0. The predicted molar refractivity (Wildman–Crippen MR) is 62.5 cm³/mol. The molecule has 4 heteroatoms. The molecule has 0 radical (unpaired) electrons. The van der Waals surface area contributed by atoms with E-state index in [2.05, 4.69) is 17.5 Å². The molecular weight excluding hydrogens is 196 g/mol. The molecule has 0 bridgehead atoms. The zero-order valence-electron chi connectivity index (χ0n) is 8.74. The summed E-state index contributed by atoms with van der Waals surface area (Å²) >= 11 is 4.42. The Kier molecular flexibility index (Phi) is 4.92. The van der Waals surface area contributed by atoms with Crippen LogP contribution in [0.15, 0.2) is 0 Å². The van der Waals surface area contributed by atoms with Crippen molar-refractivity contribution in [1.29, 1.82) is 5.41 Å². The molecule has 0 spiro atoms. The monoisotopic (exact) mass is 216 g/mol. The number of thiol groups is 1. The molecule has 1 aliphatic rings. The van der Waals surface area contributed by atoms with Gasteiger partial charge in [-0.05, 0) is 32.9 Å². The number of nitrogens with zero attached hydrogens (tertiary/aromatic N) is 1. The first-order chi connectivity index (χ1) is 6.58. The lowest BCUT2D eigenvalue weighted by Crippen LogP contribution is -2.39. The number of aliphatic hydroxyl groups is 1. The Balaban J connectivity index is 2.20. The minimum Gasteiger partial charge on any atom is -0.391 e. The normalized spacial score (nSPS) is 22.2. The number of piperidine rings is 1. The molecule has 1 aliphatic heterocycles. The molecule has 0 aromatic heterocycles. The van der Waals surface area contributed by atoms with Crippen LogP contribution in [0.1, 0.15) is 26.2 Å². The van der Waals surface area contributed by atoms with Gasteiger partial charge in [0.2, 0.25) is 0 Å². The Morgan fingerprint density at radius 2 is 2.14 bits per heavy atom. The molecule has 14 heavy (non-hydrogen) atoms. The molecule has 3 nitrogen and oxygen atoms in total. The molecule has 2 N–H and O–H groups in total. The highest BCUT2D eigenvalue weighted by atomic mass is 32.1. The third-order valence-corrected chi connectivity index (χ3v) is 3.08. The zero-order chi connectivity index (χ0) is 10.6. The van der Waals surface area contributed by atoms with Crippen molar-refractivity contribution >= 4 is 18.3 Å². The molecule has 1 unspecified atom stereocenters. The van der Waals surface area contributed by atoms with Gasteiger partial charge in [-0.3, -0.25) is 0 Å². The van der Waals surface area contributed by atoms with Gasteiger partial charge in [0.25, 0.3) is 0 Å². The van der Waals surface area contributed by atoms with Crippen LogP contribution < -0.4 is 0 Å². The smallest absolute Gasteiger partial charge is 0.0718 e. The fraction of sp³-hybridized carbons (Fsp3) is 0.900. The summed E-state index contributed by atoms with van der Waals surface area (Å²) in [5.41, 5.74) is 0.557. The molecule has 0 aliphatic carbocycles. The SMILES string of the molecule is CC(=N)CC(O)CN1CCC(S)CC1. The van der Waals surface area contributed by atoms with Gasteiger partial charge < -0.3 is 15.4 Å². The van der Waals surface area contributed by atoms with Crippen molar-refractivity contribution < 1.29 is 5.11 Å². The van der Waals surface area contributed by atoms with Gasteiger partial charge in [-0.15, -0.1) is 0 Å². The zero-order valence-corrected chi connectivity index (χ0v) is 9.63. The summed E-state index contributed by atoms with van der Waals surface area (Å²) in [7, 11) is 0. The number of nitrogens with one attached hydrogen (secondary N) is 1. The second kappa shape index (κ2) is 5.73. The van der Waals surface area contributed by atoms with Gasteiger partial charge >= 0.3 is 0 Å². The molecule has 0 amide bonds. The molecule has 0 saturated carbocycles. The van der Waals surface area contributed by atoms with Gasteiger partial charge in [0.05, 0.1) is 6.10 Å². The highest BCUT2D eigenvalue weighted by Crippen LogP contribution is 2.15. The summed E-state index contributed by atoms with van der Waals surface area (Å²) in [5, 5.41) is 17.5. The number of rotatable bonds is 4. The lowest BCUT2D eigenvalue weighted by atomic mass is 10.1. The Hall–Kier alpha value is -0.0600. The van der Waals surface area contributed by atoms with Crippen LogP contribution in [0, 0.1) is 5.41 Å². The quantitative estimate of drug-likeness (QED) is 0.488. The topological polar surface area (TPSA) is 47.3 Å². The number of hydrogen-bond acceptors (Lipinski definition) is 4. The molecule has 1 atom stereocenters. The first-order valence-electron chi connectivity index (χ1n) is 5.20. The Bertz CT molecular complexity index is 191. The van der Waals surface area contributed by atoms with Gasteiger partial charge in [-0.2, -0.15) is 12.6 Å². The van der Waals surface area contributed by atoms with Crippen LogP contribution in [0.4, 0.5) is 0 Å². The van der Waals surface area contributed by atoms with Crippen LogP contribution in [-0.4, -0.2) is 46.7 Å². The summed E-state index contributed by atoms with van der Waals surface area (Å²) in [6.45, 7) is 4.50. The number of β-amino-alcohol motifs (C(OH)–C–C–N with tert-alkyl or cyclic N) is 1. The largest absolute Gasteiger partial charge is 0.391 e. The Morgan fingerprint density at radius 3 is 2.64 bits per heavy atom. The van der Waals surface area contributed by atoms with E-state index in [4.69, 9.17) is 5.41 Å². The van der Waals surface area contributed by atoms with Crippen molar-refractivity contribution in [3.05, 3.63) is 0 Å². The summed E-state index contributed by atoms with van der Waals surface area (Å²) < 4.78 is 0. The van der Waals surface area contributed by atoms with Gasteiger partial charge in [0.15, 0.2) is 0 Å². The molecule has 0 aromatic rings. The average Bonchev–Trinajstić information content (AvgIpc) is 2.07. The van der Waals surface area contributed by atoms with Crippen molar-refractivity contribution in [3.63, 3.8) is 0 Å². The third kappa shape index (κ3) is 4.44. The molecule has 1 rings (SSSR count). The number of likely N-dealkylation sites (tertiary alicyclic amines) is 1. The molecule has 1 saturated heterocycles. The van der Waals surface area contributed by atoms with Gasteiger partial charge in [0.1, 0.15) is 0 Å². The van der Waals surface area contributed by atoms with Crippen LogP contribution in [0.2, 0.25) is 0 Å². The molecule has 1 fully saturated rings. The van der Waals surface area contributed by atoms with Crippen LogP contribution in [-0.2, 0) is 0 Å². The van der Waals surface area contributed by atoms with Crippen molar-refractivity contribution in [3.8, 4) is 0 Å². The molecule has 1 heterocycles. The van der Waals surface area contributed by atoms with Crippen molar-refractivity contribution in [2.45, 2.75) is 37.5 Å². The first kappa shape index (κ1) is 12.0. The Morgan fingerprint density at radius 1 is 1.57 bits per heavy atom. The highest BCUT2D eigenvalue weighted by molar-refractivity contribution is 7.80. The van der Waals surface area contributed by atoms with E-state index in [-0.39, 0.29) is 6.10 Å². The second-order valence-electron chi connectivity index (χ2n) is 4.17. The van der Waals surface area contributed by atoms with Gasteiger partial charge in [-0.1, -0.05) is 0 Å². The van der Waals surface area contributed by atoms with Gasteiger partial charge in [-0.25, -0.2) is 0 Å². The lowest BCUT2D eigenvalue weighted by molar-refractivity contribution is 0.107. The van der Waals surface area contributed by atoms with E-state index in [9.17, 15) is 5.11 Å². The van der Waals surface area contributed by atoms with Crippen LogP contribution in [0.3, 0.4) is 0 Å². The molecular formula is C10H20N2OS. The maximum atomic E-state index is 9.64. The minimum absolute atomic E-state index is 0.371. The third-order valence-electron chi connectivity index (χ3n) is 2.57. The average molecular weight is 216 g/mol. The van der Waals surface area contributed by atoms with E-state index in [1.165, 1.54) is 0 Å². The minimum atomic E-state index is -0.371. The first-order valence-corrected chi connectivity index (χ1v) is 5.72. The standard InChI is InChI=1S/C10H20N2OS/c1-8(11)6-9(13)7-12-4-2-10(14)3-5-12/h9-11,13-14H,2-7H2,1H3. The van der Waals surface area contributed by atoms with E-state index < -0.39 is 0 Å². The van der Waals surface area contributed by atoms with Crippen molar-refractivity contribution in [2.24, 2.45) is 0 Å². The maximum Gasteiger partial charge on any atom is 0.0718 e. The fourth-order valence-corrected chi connectivity index (χ4v) is 2.05. The molecule has 82 valence electrons. The van der Waals surface area contributed by atoms with E-state index in [1.807, 2.05) is 0 Å². The van der Waals surface area contributed by atoms with E-state index in [1.54, 1.807) is 6.92 Å². The number of hydrogen-bond donors (Lipinski definition) is 3. The highest BCUT2D eigenvalue weighted by Gasteiger charge is 2.18. The fourth-order valence-electron chi connectivity index (χ4n) is 1.82. The summed E-state index contributed by atoms with van der Waals surface area (Å²) in [6, 6.07) is 0. The summed E-state index contributed by atoms with van der Waals surface area (Å²) in [4.78, 5) is 2.26. The Labute approximate surface area is 91.4 Å². The molecule has 0 aromatic carbocycles. The van der Waals surface area contributed by atoms with E-state index >= 15 is 0 Å². The maximum absolute atomic E-state index is 9.64. The van der Waals surface area contributed by atoms with E-state index in [0.717, 1.165) is 25.9 Å². The van der Waals surface area contributed by atoms with E-state index in [0.29, 0.717) is 23.9 Å². The van der Waals surface area contributed by atoms with Crippen molar-refractivity contribution in [1.82, 2.24) is 4.90 Å². The summed E-state index contributed by atoms with van der Waals surface area (Å²) in [6.07, 6.45) is 2.35. The lowest BCUT2D eigenvalue weighted by Gasteiger charge is -2.31. The van der Waals surface area contributed by atoms with Crippen LogP contribution in [0.5, 0.6) is 0 Å². The van der Waals surface area contributed by atoms with Crippen LogP contribution in [0.25, 0.3) is 0 Å². The van der Waals surface area contributed by atoms with Gasteiger partial charge in [0, 0.05) is 23.9 Å². The van der Waals surface area contributed by atoms with Crippen molar-refractivity contribution in [2.75, 3.05) is 19.6 Å².